The Morgan fingerprint density at radius 2 is 1.89 bits per heavy atom. The van der Waals surface area contributed by atoms with E-state index in [-0.39, 0.29) is 29.7 Å². The molecule has 1 atom stereocenters. The van der Waals surface area contributed by atoms with E-state index < -0.39 is 5.97 Å². The van der Waals surface area contributed by atoms with Crippen molar-refractivity contribution in [2.75, 3.05) is 6.61 Å². The third kappa shape index (κ3) is 3.09. The van der Waals surface area contributed by atoms with Crippen molar-refractivity contribution in [3.8, 4) is 0 Å². The normalized spacial score (nSPS) is 31.7. The molecular weight excluding hydrogens is 354 g/mol. The number of esters is 1. The predicted octanol–water partition coefficient (Wildman–Crippen LogP) is 3.21. The van der Waals surface area contributed by atoms with Crippen LogP contribution in [0.2, 0.25) is 0 Å². The number of imidazole rings is 1. The molecule has 4 bridgehead atoms. The molecule has 1 amide bonds. The van der Waals surface area contributed by atoms with Gasteiger partial charge in [-0.15, -0.1) is 0 Å². The molecular formula is C22H27N3O3. The zero-order valence-corrected chi connectivity index (χ0v) is 16.3. The Morgan fingerprint density at radius 3 is 2.54 bits per heavy atom. The van der Waals surface area contributed by atoms with E-state index in [0.29, 0.717) is 5.65 Å². The van der Waals surface area contributed by atoms with Gasteiger partial charge in [-0.05, 0) is 80.8 Å². The van der Waals surface area contributed by atoms with Gasteiger partial charge in [0.2, 0.25) is 0 Å². The Morgan fingerprint density at radius 1 is 1.21 bits per heavy atom. The smallest absolute Gasteiger partial charge is 0.359 e. The monoisotopic (exact) mass is 381 g/mol. The number of carbonyl (C=O) groups excluding carboxylic acids is 2. The number of rotatable bonds is 5. The van der Waals surface area contributed by atoms with E-state index in [1.54, 1.807) is 10.6 Å². The number of fused-ring (bicyclic) bond motifs is 1. The van der Waals surface area contributed by atoms with Gasteiger partial charge in [0.25, 0.3) is 5.91 Å². The minimum atomic E-state index is -0.568. The van der Waals surface area contributed by atoms with E-state index in [2.05, 4.69) is 17.2 Å². The van der Waals surface area contributed by atoms with Crippen LogP contribution in [0, 0.1) is 23.2 Å². The SMILES string of the molecule is C[C@H](NC(=O)COC(=O)c1cn2ccccc2n1)C12CC3CC(CC(C3)C1)C2. The number of aromatic nitrogens is 2. The quantitative estimate of drug-likeness (QED) is 0.807. The molecule has 4 aliphatic carbocycles. The second-order valence-electron chi connectivity index (χ2n) is 9.24. The third-order valence-corrected chi connectivity index (χ3v) is 7.29. The van der Waals surface area contributed by atoms with Crippen molar-refractivity contribution in [2.24, 2.45) is 23.2 Å². The first-order valence-corrected chi connectivity index (χ1v) is 10.4. The van der Waals surface area contributed by atoms with E-state index in [9.17, 15) is 9.59 Å². The maximum atomic E-state index is 12.4. The van der Waals surface area contributed by atoms with Crippen molar-refractivity contribution >= 4 is 17.5 Å². The van der Waals surface area contributed by atoms with Crippen molar-refractivity contribution < 1.29 is 14.3 Å². The second-order valence-corrected chi connectivity index (χ2v) is 9.24. The highest BCUT2D eigenvalue weighted by atomic mass is 16.5. The summed E-state index contributed by atoms with van der Waals surface area (Å²) in [6, 6.07) is 5.67. The number of nitrogens with zero attached hydrogens (tertiary/aromatic N) is 2. The minimum Gasteiger partial charge on any atom is -0.451 e. The molecule has 0 spiro atoms. The summed E-state index contributed by atoms with van der Waals surface area (Å²) in [7, 11) is 0. The summed E-state index contributed by atoms with van der Waals surface area (Å²) in [5, 5.41) is 3.13. The number of hydrogen-bond donors (Lipinski definition) is 1. The summed E-state index contributed by atoms with van der Waals surface area (Å²) >= 11 is 0. The van der Waals surface area contributed by atoms with Gasteiger partial charge in [0.15, 0.2) is 12.3 Å². The first-order valence-electron chi connectivity index (χ1n) is 10.4. The van der Waals surface area contributed by atoms with Gasteiger partial charge >= 0.3 is 5.97 Å². The van der Waals surface area contributed by atoms with Crippen molar-refractivity contribution in [1.29, 1.82) is 0 Å². The van der Waals surface area contributed by atoms with Crippen LogP contribution in [-0.2, 0) is 9.53 Å². The zero-order valence-electron chi connectivity index (χ0n) is 16.3. The fourth-order valence-electron chi connectivity index (χ4n) is 6.38. The lowest BCUT2D eigenvalue weighted by atomic mass is 9.48. The Balaban J connectivity index is 1.18. The Kier molecular flexibility index (Phi) is 4.18. The lowest BCUT2D eigenvalue weighted by Crippen LogP contribution is -2.56. The molecule has 0 saturated heterocycles. The maximum absolute atomic E-state index is 12.4. The first-order chi connectivity index (χ1) is 13.5. The highest BCUT2D eigenvalue weighted by Crippen LogP contribution is 2.61. The molecule has 28 heavy (non-hydrogen) atoms. The van der Waals surface area contributed by atoms with Gasteiger partial charge < -0.3 is 14.5 Å². The lowest BCUT2D eigenvalue weighted by Gasteiger charge is -2.59. The predicted molar refractivity (Wildman–Crippen MR) is 104 cm³/mol. The first kappa shape index (κ1) is 17.7. The highest BCUT2D eigenvalue weighted by molar-refractivity contribution is 5.90. The van der Waals surface area contributed by atoms with Gasteiger partial charge in [-0.1, -0.05) is 6.07 Å². The summed E-state index contributed by atoms with van der Waals surface area (Å²) in [5.74, 6) is 1.75. The van der Waals surface area contributed by atoms with Gasteiger partial charge in [-0.3, -0.25) is 4.79 Å². The molecule has 0 unspecified atom stereocenters. The largest absolute Gasteiger partial charge is 0.451 e. The molecule has 6 rings (SSSR count). The molecule has 2 aromatic heterocycles. The number of ether oxygens (including phenoxy) is 1. The molecule has 1 N–H and O–H groups in total. The molecule has 6 heteroatoms. The number of pyridine rings is 1. The van der Waals surface area contributed by atoms with Crippen LogP contribution in [0.25, 0.3) is 5.65 Å². The van der Waals surface area contributed by atoms with Gasteiger partial charge in [0.1, 0.15) is 5.65 Å². The number of hydrogen-bond acceptors (Lipinski definition) is 4. The number of carbonyl (C=O) groups is 2. The molecule has 0 aromatic carbocycles. The summed E-state index contributed by atoms with van der Waals surface area (Å²) < 4.78 is 6.97. The Hall–Kier alpha value is -2.37. The number of nitrogens with one attached hydrogen (secondary N) is 1. The van der Waals surface area contributed by atoms with E-state index >= 15 is 0 Å². The minimum absolute atomic E-state index is 0.127. The molecule has 4 aliphatic rings. The van der Waals surface area contributed by atoms with Crippen molar-refractivity contribution in [3.05, 3.63) is 36.3 Å². The average Bonchev–Trinajstić information content (AvgIpc) is 3.09. The van der Waals surface area contributed by atoms with Crippen LogP contribution in [0.4, 0.5) is 0 Å². The third-order valence-electron chi connectivity index (χ3n) is 7.29. The van der Waals surface area contributed by atoms with E-state index in [0.717, 1.165) is 17.8 Å². The van der Waals surface area contributed by atoms with E-state index in [4.69, 9.17) is 4.74 Å². The van der Waals surface area contributed by atoms with Crippen LogP contribution in [0.3, 0.4) is 0 Å². The van der Waals surface area contributed by atoms with Crippen LogP contribution in [0.1, 0.15) is 55.9 Å². The van der Waals surface area contributed by atoms with E-state index in [1.165, 1.54) is 38.5 Å². The molecule has 148 valence electrons. The van der Waals surface area contributed by atoms with Crippen molar-refractivity contribution in [2.45, 2.75) is 51.5 Å². The fourth-order valence-corrected chi connectivity index (χ4v) is 6.38. The summed E-state index contributed by atoms with van der Waals surface area (Å²) in [5.41, 5.74) is 1.14. The molecule has 6 nitrogen and oxygen atoms in total. The van der Waals surface area contributed by atoms with Crippen LogP contribution in [0.5, 0.6) is 0 Å². The van der Waals surface area contributed by atoms with Crippen LogP contribution >= 0.6 is 0 Å². The maximum Gasteiger partial charge on any atom is 0.359 e. The summed E-state index contributed by atoms with van der Waals surface area (Å²) in [6.07, 6.45) is 11.3. The molecule has 4 fully saturated rings. The molecule has 2 heterocycles. The van der Waals surface area contributed by atoms with E-state index in [1.807, 2.05) is 24.4 Å². The summed E-state index contributed by atoms with van der Waals surface area (Å²) in [4.78, 5) is 28.9. The molecule has 2 aromatic rings. The Bertz CT molecular complexity index is 850. The van der Waals surface area contributed by atoms with Crippen LogP contribution < -0.4 is 5.32 Å². The topological polar surface area (TPSA) is 72.7 Å². The molecule has 0 aliphatic heterocycles. The molecule has 4 saturated carbocycles. The van der Waals surface area contributed by atoms with Gasteiger partial charge in [0.05, 0.1) is 0 Å². The standard InChI is InChI=1S/C22H27N3O3/c1-14(22-9-15-6-16(10-22)8-17(7-15)11-22)23-20(26)13-28-21(27)18-12-25-5-3-2-4-19(25)24-18/h2-5,12,14-17H,6-11,13H2,1H3,(H,23,26)/t14-,15?,16?,17?,22?/m0/s1. The van der Waals surface area contributed by atoms with Crippen molar-refractivity contribution in [3.63, 3.8) is 0 Å². The lowest BCUT2D eigenvalue weighted by molar-refractivity contribution is -0.128. The molecule has 0 radical (unpaired) electrons. The van der Waals surface area contributed by atoms with Gasteiger partial charge in [-0.2, -0.15) is 0 Å². The van der Waals surface area contributed by atoms with Gasteiger partial charge in [-0.25, -0.2) is 9.78 Å². The highest BCUT2D eigenvalue weighted by Gasteiger charge is 2.53. The van der Waals surface area contributed by atoms with Crippen molar-refractivity contribution in [1.82, 2.24) is 14.7 Å². The van der Waals surface area contributed by atoms with Crippen LogP contribution in [-0.4, -0.2) is 33.9 Å². The Labute approximate surface area is 164 Å². The van der Waals surface area contributed by atoms with Gasteiger partial charge in [0, 0.05) is 18.4 Å². The average molecular weight is 381 g/mol. The second kappa shape index (κ2) is 6.61. The zero-order chi connectivity index (χ0) is 19.3. The summed E-state index contributed by atoms with van der Waals surface area (Å²) in [6.45, 7) is 1.87. The fraction of sp³-hybridized carbons (Fsp3) is 0.591. The number of amides is 1. The van der Waals surface area contributed by atoms with Crippen LogP contribution in [0.15, 0.2) is 30.6 Å².